The second-order valence-electron chi connectivity index (χ2n) is 9.51. The van der Waals surface area contributed by atoms with Gasteiger partial charge in [-0.25, -0.2) is 9.78 Å². The lowest BCUT2D eigenvalue weighted by Crippen LogP contribution is -2.40. The second-order valence-corrected chi connectivity index (χ2v) is 9.51. The van der Waals surface area contributed by atoms with Crippen molar-refractivity contribution in [1.29, 1.82) is 0 Å². The van der Waals surface area contributed by atoms with Crippen LogP contribution in [0.1, 0.15) is 51.9 Å². The number of benzene rings is 1. The summed E-state index contributed by atoms with van der Waals surface area (Å²) in [5.74, 6) is 0.844. The lowest BCUT2D eigenvalue weighted by molar-refractivity contribution is -0.384. The van der Waals surface area contributed by atoms with E-state index in [9.17, 15) is 14.9 Å². The molecule has 32 heavy (non-hydrogen) atoms. The van der Waals surface area contributed by atoms with Crippen LogP contribution < -0.4 is 10.2 Å². The molecule has 174 valence electrons. The Labute approximate surface area is 187 Å². The third-order valence-corrected chi connectivity index (χ3v) is 5.97. The third kappa shape index (κ3) is 4.50. The van der Waals surface area contributed by atoms with Crippen molar-refractivity contribution in [3.05, 3.63) is 28.1 Å². The van der Waals surface area contributed by atoms with Gasteiger partial charge >= 0.3 is 6.09 Å². The third-order valence-electron chi connectivity index (χ3n) is 5.97. The van der Waals surface area contributed by atoms with Gasteiger partial charge in [0, 0.05) is 38.4 Å². The minimum absolute atomic E-state index is 0.0343. The van der Waals surface area contributed by atoms with Gasteiger partial charge in [-0.05, 0) is 53.0 Å². The molecule has 0 spiro atoms. The second kappa shape index (κ2) is 8.57. The SMILES string of the molecule is Cc1nc2c(N3CC[C@H](NC(=O)OC(C)(C)C)C3)c([N+](=O)[O-])ccc2n1C1CCOCC1. The number of imidazole rings is 1. The van der Waals surface area contributed by atoms with Crippen molar-refractivity contribution in [2.24, 2.45) is 0 Å². The molecule has 10 nitrogen and oxygen atoms in total. The predicted molar refractivity (Wildman–Crippen MR) is 120 cm³/mol. The summed E-state index contributed by atoms with van der Waals surface area (Å²) >= 11 is 0. The van der Waals surface area contributed by atoms with Crippen molar-refractivity contribution >= 4 is 28.5 Å². The maximum absolute atomic E-state index is 12.2. The number of alkyl carbamates (subject to hydrolysis) is 1. The van der Waals surface area contributed by atoms with Crippen LogP contribution in [0.5, 0.6) is 0 Å². The molecule has 3 heterocycles. The number of nitro groups is 1. The number of hydrogen-bond acceptors (Lipinski definition) is 7. The van der Waals surface area contributed by atoms with Gasteiger partial charge in [-0.1, -0.05) is 0 Å². The summed E-state index contributed by atoms with van der Waals surface area (Å²) in [7, 11) is 0. The molecular weight excluding hydrogens is 414 g/mol. The van der Waals surface area contributed by atoms with E-state index in [1.807, 2.05) is 32.6 Å². The fourth-order valence-corrected chi connectivity index (χ4v) is 4.67. The first-order valence-electron chi connectivity index (χ1n) is 11.1. The molecule has 1 amide bonds. The molecule has 10 heteroatoms. The van der Waals surface area contributed by atoms with E-state index in [1.165, 1.54) is 0 Å². The topological polar surface area (TPSA) is 112 Å². The van der Waals surface area contributed by atoms with E-state index in [4.69, 9.17) is 14.5 Å². The van der Waals surface area contributed by atoms with E-state index in [-0.39, 0.29) is 22.7 Å². The summed E-state index contributed by atoms with van der Waals surface area (Å²) in [4.78, 5) is 30.4. The van der Waals surface area contributed by atoms with Gasteiger partial charge in [0.2, 0.25) is 0 Å². The first-order chi connectivity index (χ1) is 15.1. The lowest BCUT2D eigenvalue weighted by atomic mass is 10.1. The van der Waals surface area contributed by atoms with E-state index in [2.05, 4.69) is 9.88 Å². The van der Waals surface area contributed by atoms with E-state index < -0.39 is 11.7 Å². The van der Waals surface area contributed by atoms with E-state index >= 15 is 0 Å². The molecule has 1 aromatic carbocycles. The molecule has 2 aliphatic heterocycles. The molecule has 1 atom stereocenters. The summed E-state index contributed by atoms with van der Waals surface area (Å²) in [5, 5.41) is 14.8. The van der Waals surface area contributed by atoms with Gasteiger partial charge in [-0.3, -0.25) is 10.1 Å². The molecule has 0 saturated carbocycles. The minimum atomic E-state index is -0.582. The molecule has 1 N–H and O–H groups in total. The highest BCUT2D eigenvalue weighted by Gasteiger charge is 2.33. The van der Waals surface area contributed by atoms with Gasteiger partial charge in [0.15, 0.2) is 0 Å². The summed E-state index contributed by atoms with van der Waals surface area (Å²) in [6.07, 6.45) is 1.98. The number of aryl methyl sites for hydroxylation is 1. The molecule has 4 rings (SSSR count). The number of carbonyl (C=O) groups excluding carboxylic acids is 1. The average Bonchev–Trinajstić information content (AvgIpc) is 3.29. The highest BCUT2D eigenvalue weighted by Crippen LogP contribution is 2.39. The maximum Gasteiger partial charge on any atom is 0.407 e. The summed E-state index contributed by atoms with van der Waals surface area (Å²) < 4.78 is 13.1. The van der Waals surface area contributed by atoms with Crippen molar-refractivity contribution in [1.82, 2.24) is 14.9 Å². The standard InChI is InChI=1S/C22H31N5O5/c1-14-23-19-17(26(14)16-8-11-31-12-9-16)5-6-18(27(29)30)20(19)25-10-7-15(13-25)24-21(28)32-22(2,3)4/h5-6,15-16H,7-13H2,1-4H3,(H,24,28)/t15-/m0/s1. The van der Waals surface area contributed by atoms with Crippen LogP contribution in [0.25, 0.3) is 11.0 Å². The number of rotatable bonds is 4. The van der Waals surface area contributed by atoms with Crippen molar-refractivity contribution in [2.45, 2.75) is 64.6 Å². The zero-order chi connectivity index (χ0) is 23.0. The Morgan fingerprint density at radius 2 is 2.00 bits per heavy atom. The monoisotopic (exact) mass is 445 g/mol. The van der Waals surface area contributed by atoms with Crippen LogP contribution in [-0.4, -0.2) is 58.5 Å². The molecule has 0 bridgehead atoms. The van der Waals surface area contributed by atoms with Crippen LogP contribution in [-0.2, 0) is 9.47 Å². The number of ether oxygens (including phenoxy) is 2. The lowest BCUT2D eigenvalue weighted by Gasteiger charge is -2.25. The molecular formula is C22H31N5O5. The number of carbonyl (C=O) groups is 1. The number of fused-ring (bicyclic) bond motifs is 1. The van der Waals surface area contributed by atoms with Crippen molar-refractivity contribution < 1.29 is 19.2 Å². The Kier molecular flexibility index (Phi) is 5.98. The van der Waals surface area contributed by atoms with Gasteiger partial charge in [0.1, 0.15) is 22.6 Å². The molecule has 0 radical (unpaired) electrons. The zero-order valence-corrected chi connectivity index (χ0v) is 19.1. The Hall–Kier alpha value is -2.88. The molecule has 2 fully saturated rings. The summed E-state index contributed by atoms with van der Waals surface area (Å²) in [6.45, 7) is 9.84. The highest BCUT2D eigenvalue weighted by molar-refractivity contribution is 5.95. The number of nitrogens with one attached hydrogen (secondary N) is 1. The number of anilines is 1. The summed E-state index contributed by atoms with van der Waals surface area (Å²) in [5.41, 5.74) is 1.52. The van der Waals surface area contributed by atoms with E-state index in [0.717, 1.165) is 24.2 Å². The van der Waals surface area contributed by atoms with Gasteiger partial charge in [-0.15, -0.1) is 0 Å². The van der Waals surface area contributed by atoms with Crippen molar-refractivity contribution in [3.63, 3.8) is 0 Å². The van der Waals surface area contributed by atoms with Crippen LogP contribution in [0.4, 0.5) is 16.2 Å². The zero-order valence-electron chi connectivity index (χ0n) is 19.1. The van der Waals surface area contributed by atoms with Gasteiger partial charge in [0.05, 0.1) is 16.5 Å². The molecule has 0 unspecified atom stereocenters. The van der Waals surface area contributed by atoms with Gasteiger partial charge < -0.3 is 24.3 Å². The number of aromatic nitrogens is 2. The van der Waals surface area contributed by atoms with Crippen LogP contribution >= 0.6 is 0 Å². The fraction of sp³-hybridized carbons (Fsp3) is 0.636. The van der Waals surface area contributed by atoms with Crippen LogP contribution in [0.3, 0.4) is 0 Å². The van der Waals surface area contributed by atoms with E-state index in [1.54, 1.807) is 12.1 Å². The Balaban J connectivity index is 1.65. The molecule has 1 aromatic heterocycles. The highest BCUT2D eigenvalue weighted by atomic mass is 16.6. The first kappa shape index (κ1) is 22.3. The van der Waals surface area contributed by atoms with Crippen LogP contribution in [0, 0.1) is 17.0 Å². The van der Waals surface area contributed by atoms with E-state index in [0.29, 0.717) is 43.9 Å². The molecule has 2 aliphatic rings. The minimum Gasteiger partial charge on any atom is -0.444 e. The number of hydrogen-bond donors (Lipinski definition) is 1. The average molecular weight is 446 g/mol. The normalized spacial score (nSPS) is 20.0. The largest absolute Gasteiger partial charge is 0.444 e. The van der Waals surface area contributed by atoms with Crippen molar-refractivity contribution in [2.75, 3.05) is 31.2 Å². The number of nitrogens with zero attached hydrogens (tertiary/aromatic N) is 4. The quantitative estimate of drug-likeness (QED) is 0.564. The van der Waals surface area contributed by atoms with Crippen LogP contribution in [0.15, 0.2) is 12.1 Å². The van der Waals surface area contributed by atoms with Crippen molar-refractivity contribution in [3.8, 4) is 0 Å². The Morgan fingerprint density at radius 1 is 1.28 bits per heavy atom. The molecule has 2 saturated heterocycles. The smallest absolute Gasteiger partial charge is 0.407 e. The Morgan fingerprint density at radius 3 is 2.66 bits per heavy atom. The predicted octanol–water partition coefficient (Wildman–Crippen LogP) is 3.71. The summed E-state index contributed by atoms with van der Waals surface area (Å²) in [6, 6.07) is 3.49. The van der Waals surface area contributed by atoms with Gasteiger partial charge in [0.25, 0.3) is 5.69 Å². The number of nitro benzene ring substituents is 1. The van der Waals surface area contributed by atoms with Gasteiger partial charge in [-0.2, -0.15) is 0 Å². The van der Waals surface area contributed by atoms with Crippen LogP contribution in [0.2, 0.25) is 0 Å². The Bertz CT molecular complexity index is 1020. The first-order valence-corrected chi connectivity index (χ1v) is 11.1. The number of amides is 1. The molecule has 2 aromatic rings. The fourth-order valence-electron chi connectivity index (χ4n) is 4.67. The maximum atomic E-state index is 12.2. The molecule has 0 aliphatic carbocycles.